The van der Waals surface area contributed by atoms with Gasteiger partial charge in [0.2, 0.25) is 0 Å². The van der Waals surface area contributed by atoms with Gasteiger partial charge in [0.25, 0.3) is 0 Å². The zero-order chi connectivity index (χ0) is 8.74. The summed E-state index contributed by atoms with van der Waals surface area (Å²) in [5.41, 5.74) is 0. The summed E-state index contributed by atoms with van der Waals surface area (Å²) in [5, 5.41) is 0. The Kier molecular flexibility index (Phi) is 6.47. The number of rotatable bonds is 6. The lowest BCUT2D eigenvalue weighted by Crippen LogP contribution is -2.10. The molecule has 0 bridgehead atoms. The quantitative estimate of drug-likeness (QED) is 0.497. The summed E-state index contributed by atoms with van der Waals surface area (Å²) in [4.78, 5) is 0. The molecule has 0 aliphatic carbocycles. The van der Waals surface area contributed by atoms with E-state index in [1.165, 1.54) is 0 Å². The lowest BCUT2D eigenvalue weighted by Gasteiger charge is -1.99. The van der Waals surface area contributed by atoms with E-state index in [4.69, 9.17) is 11.6 Å². The molecule has 0 aliphatic heterocycles. The van der Waals surface area contributed by atoms with E-state index in [0.29, 0.717) is 11.6 Å². The van der Waals surface area contributed by atoms with E-state index in [0.717, 1.165) is 5.75 Å². The summed E-state index contributed by atoms with van der Waals surface area (Å²) in [6, 6.07) is 0. The fourth-order valence-electron chi connectivity index (χ4n) is 0.487. The molecule has 0 N–H and O–H groups in total. The van der Waals surface area contributed by atoms with Crippen molar-refractivity contribution in [1.82, 2.24) is 0 Å². The Hall–Kier alpha value is 0.590. The molecule has 0 aromatic carbocycles. The predicted octanol–water partition coefficient (Wildman–Crippen LogP) is 1.39. The fourth-order valence-corrected chi connectivity index (χ4v) is 2.90. The van der Waals surface area contributed by atoms with Gasteiger partial charge in [-0.25, -0.2) is 8.42 Å². The van der Waals surface area contributed by atoms with Crippen LogP contribution in [-0.4, -0.2) is 37.3 Å². The van der Waals surface area contributed by atoms with Crippen LogP contribution in [0.15, 0.2) is 0 Å². The standard InChI is InChI=1S/C6H13ClO2S2/c1-2-11(8,9)6-5-10-4-3-7/h2-6H2,1H3. The van der Waals surface area contributed by atoms with Crippen LogP contribution in [-0.2, 0) is 9.84 Å². The van der Waals surface area contributed by atoms with Crippen LogP contribution in [0.4, 0.5) is 0 Å². The molecule has 0 rings (SSSR count). The first-order valence-corrected chi connectivity index (χ1v) is 6.97. The van der Waals surface area contributed by atoms with E-state index in [-0.39, 0.29) is 11.5 Å². The minimum atomic E-state index is -2.76. The average molecular weight is 217 g/mol. The number of thioether (sulfide) groups is 1. The molecule has 0 radical (unpaired) electrons. The van der Waals surface area contributed by atoms with Crippen LogP contribution in [0.1, 0.15) is 6.92 Å². The Balaban J connectivity index is 3.39. The molecular formula is C6H13ClO2S2. The highest BCUT2D eigenvalue weighted by Gasteiger charge is 2.05. The summed E-state index contributed by atoms with van der Waals surface area (Å²) in [7, 11) is -2.76. The molecular weight excluding hydrogens is 204 g/mol. The maximum absolute atomic E-state index is 10.9. The number of hydrogen-bond donors (Lipinski definition) is 0. The molecule has 0 amide bonds. The van der Waals surface area contributed by atoms with Crippen LogP contribution in [0, 0.1) is 0 Å². The second-order valence-electron chi connectivity index (χ2n) is 2.04. The van der Waals surface area contributed by atoms with Gasteiger partial charge in [0.1, 0.15) is 0 Å². The second kappa shape index (κ2) is 6.14. The maximum Gasteiger partial charge on any atom is 0.150 e. The van der Waals surface area contributed by atoms with E-state index in [1.807, 2.05) is 0 Å². The summed E-state index contributed by atoms with van der Waals surface area (Å²) >= 11 is 7.00. The van der Waals surface area contributed by atoms with Crippen molar-refractivity contribution in [3.63, 3.8) is 0 Å². The van der Waals surface area contributed by atoms with Crippen LogP contribution in [0.2, 0.25) is 0 Å². The van der Waals surface area contributed by atoms with Crippen LogP contribution >= 0.6 is 23.4 Å². The predicted molar refractivity (Wildman–Crippen MR) is 52.4 cm³/mol. The zero-order valence-electron chi connectivity index (χ0n) is 6.55. The summed E-state index contributed by atoms with van der Waals surface area (Å²) in [6.45, 7) is 1.67. The highest BCUT2D eigenvalue weighted by Crippen LogP contribution is 2.02. The normalized spacial score (nSPS) is 11.8. The van der Waals surface area contributed by atoms with Crippen molar-refractivity contribution in [2.45, 2.75) is 6.92 Å². The van der Waals surface area contributed by atoms with Crippen molar-refractivity contribution >= 4 is 33.2 Å². The number of hydrogen-bond acceptors (Lipinski definition) is 3. The molecule has 2 nitrogen and oxygen atoms in total. The van der Waals surface area contributed by atoms with Crippen LogP contribution < -0.4 is 0 Å². The van der Waals surface area contributed by atoms with Gasteiger partial charge in [0.15, 0.2) is 9.84 Å². The van der Waals surface area contributed by atoms with Gasteiger partial charge >= 0.3 is 0 Å². The Morgan fingerprint density at radius 2 is 2.00 bits per heavy atom. The molecule has 0 atom stereocenters. The molecule has 0 aromatic heterocycles. The largest absolute Gasteiger partial charge is 0.229 e. The van der Waals surface area contributed by atoms with Crippen LogP contribution in [0.5, 0.6) is 0 Å². The molecule has 0 unspecified atom stereocenters. The molecule has 0 aromatic rings. The van der Waals surface area contributed by atoms with Gasteiger partial charge in [-0.2, -0.15) is 11.8 Å². The molecule has 0 heterocycles. The van der Waals surface area contributed by atoms with E-state index in [1.54, 1.807) is 18.7 Å². The minimum Gasteiger partial charge on any atom is -0.229 e. The van der Waals surface area contributed by atoms with E-state index in [9.17, 15) is 8.42 Å². The molecule has 0 aliphatic rings. The minimum absolute atomic E-state index is 0.244. The van der Waals surface area contributed by atoms with Gasteiger partial charge in [-0.15, -0.1) is 11.6 Å². The fraction of sp³-hybridized carbons (Fsp3) is 1.00. The molecule has 0 saturated carbocycles. The third-order valence-electron chi connectivity index (χ3n) is 1.20. The SMILES string of the molecule is CCS(=O)(=O)CCSCCCl. The maximum atomic E-state index is 10.9. The first-order valence-electron chi connectivity index (χ1n) is 3.46. The third-order valence-corrected chi connectivity index (χ3v) is 4.56. The van der Waals surface area contributed by atoms with E-state index in [2.05, 4.69) is 0 Å². The molecule has 0 saturated heterocycles. The molecule has 0 spiro atoms. The lowest BCUT2D eigenvalue weighted by molar-refractivity contribution is 0.599. The van der Waals surface area contributed by atoms with Crippen LogP contribution in [0.3, 0.4) is 0 Å². The molecule has 68 valence electrons. The van der Waals surface area contributed by atoms with Crippen molar-refractivity contribution in [3.8, 4) is 0 Å². The van der Waals surface area contributed by atoms with Crippen molar-refractivity contribution in [3.05, 3.63) is 0 Å². The first-order chi connectivity index (χ1) is 5.12. The first kappa shape index (κ1) is 11.6. The van der Waals surface area contributed by atoms with Crippen LogP contribution in [0.25, 0.3) is 0 Å². The van der Waals surface area contributed by atoms with Crippen molar-refractivity contribution in [2.24, 2.45) is 0 Å². The molecule has 0 fully saturated rings. The summed E-state index contributed by atoms with van der Waals surface area (Å²) in [6.07, 6.45) is 0. The van der Waals surface area contributed by atoms with Gasteiger partial charge in [0, 0.05) is 23.1 Å². The van der Waals surface area contributed by atoms with Crippen molar-refractivity contribution in [1.29, 1.82) is 0 Å². The van der Waals surface area contributed by atoms with E-state index >= 15 is 0 Å². The molecule has 5 heteroatoms. The number of halogens is 1. The van der Waals surface area contributed by atoms with Crippen molar-refractivity contribution in [2.75, 3.05) is 28.9 Å². The Morgan fingerprint density at radius 1 is 1.36 bits per heavy atom. The highest BCUT2D eigenvalue weighted by molar-refractivity contribution is 8.00. The summed E-state index contributed by atoms with van der Waals surface area (Å²) in [5.74, 6) is 2.63. The zero-order valence-corrected chi connectivity index (χ0v) is 8.94. The Morgan fingerprint density at radius 3 is 2.45 bits per heavy atom. The lowest BCUT2D eigenvalue weighted by atomic mass is 10.9. The van der Waals surface area contributed by atoms with Gasteiger partial charge in [-0.1, -0.05) is 6.92 Å². The van der Waals surface area contributed by atoms with E-state index < -0.39 is 9.84 Å². The van der Waals surface area contributed by atoms with Crippen molar-refractivity contribution < 1.29 is 8.42 Å². The second-order valence-corrected chi connectivity index (χ2v) is 6.11. The topological polar surface area (TPSA) is 34.1 Å². The van der Waals surface area contributed by atoms with Gasteiger partial charge in [0.05, 0.1) is 5.75 Å². The highest BCUT2D eigenvalue weighted by atomic mass is 35.5. The number of sulfone groups is 1. The Labute approximate surface area is 77.6 Å². The van der Waals surface area contributed by atoms with Gasteiger partial charge in [-0.3, -0.25) is 0 Å². The monoisotopic (exact) mass is 216 g/mol. The Bertz CT molecular complexity index is 177. The number of alkyl halides is 1. The van der Waals surface area contributed by atoms with Gasteiger partial charge in [-0.05, 0) is 0 Å². The summed E-state index contributed by atoms with van der Waals surface area (Å²) < 4.78 is 21.8. The van der Waals surface area contributed by atoms with Gasteiger partial charge < -0.3 is 0 Å². The average Bonchev–Trinajstić information content (AvgIpc) is 1.99. The third kappa shape index (κ3) is 6.97. The molecule has 11 heavy (non-hydrogen) atoms. The smallest absolute Gasteiger partial charge is 0.150 e.